The van der Waals surface area contributed by atoms with Crippen LogP contribution in [0.1, 0.15) is 91.8 Å². The fourth-order valence-electron chi connectivity index (χ4n) is 4.52. The van der Waals surface area contributed by atoms with Crippen molar-refractivity contribution in [2.24, 2.45) is 0 Å². The minimum atomic E-state index is -0.589. The van der Waals surface area contributed by atoms with E-state index in [0.717, 1.165) is 25.3 Å². The van der Waals surface area contributed by atoms with Crippen molar-refractivity contribution in [3.63, 3.8) is 0 Å². The molecular formula is C31H32Br2O4. The summed E-state index contributed by atoms with van der Waals surface area (Å²) in [5.41, 5.74) is 0.489. The third-order valence-corrected chi connectivity index (χ3v) is 7.50. The molecule has 0 bridgehead atoms. The van der Waals surface area contributed by atoms with Gasteiger partial charge in [-0.05, 0) is 37.1 Å². The van der Waals surface area contributed by atoms with E-state index < -0.39 is 23.1 Å². The Hall–Kier alpha value is -2.44. The predicted molar refractivity (Wildman–Crippen MR) is 154 cm³/mol. The molecule has 0 fully saturated rings. The van der Waals surface area contributed by atoms with Gasteiger partial charge < -0.3 is 0 Å². The van der Waals surface area contributed by atoms with E-state index in [0.29, 0.717) is 32.9 Å². The van der Waals surface area contributed by atoms with Crippen molar-refractivity contribution in [2.75, 3.05) is 0 Å². The molecule has 0 radical (unpaired) electrons. The van der Waals surface area contributed by atoms with Crippen molar-refractivity contribution in [2.45, 2.75) is 71.1 Å². The first-order valence-electron chi connectivity index (χ1n) is 13.0. The van der Waals surface area contributed by atoms with E-state index in [1.165, 1.54) is 32.1 Å². The van der Waals surface area contributed by atoms with Crippen molar-refractivity contribution >= 4 is 55.0 Å². The van der Waals surface area contributed by atoms with Crippen molar-refractivity contribution in [1.82, 2.24) is 0 Å². The summed E-state index contributed by atoms with van der Waals surface area (Å²) in [6, 6.07) is 13.5. The second-order valence-electron chi connectivity index (χ2n) is 9.36. The summed E-state index contributed by atoms with van der Waals surface area (Å²) < 4.78 is 1.40. The van der Waals surface area contributed by atoms with Crippen LogP contribution in [0.5, 0.6) is 0 Å². The van der Waals surface area contributed by atoms with Gasteiger partial charge >= 0.3 is 0 Å². The Labute approximate surface area is 235 Å². The van der Waals surface area contributed by atoms with Crippen LogP contribution in [0.15, 0.2) is 80.3 Å². The molecule has 2 aromatic carbocycles. The first-order valence-corrected chi connectivity index (χ1v) is 14.6. The van der Waals surface area contributed by atoms with Gasteiger partial charge in [-0.25, -0.2) is 0 Å². The number of benzene rings is 2. The summed E-state index contributed by atoms with van der Waals surface area (Å²) in [5.74, 6) is -2.12. The number of allylic oxidation sites excluding steroid dienone is 4. The molecule has 0 saturated carbocycles. The number of ketones is 4. The number of carbonyl (C=O) groups excluding carboxylic acids is 4. The highest BCUT2D eigenvalue weighted by molar-refractivity contribution is 9.10. The monoisotopic (exact) mass is 626 g/mol. The van der Waals surface area contributed by atoms with Gasteiger partial charge in [0.1, 0.15) is 0 Å². The number of hydrogen-bond donors (Lipinski definition) is 0. The van der Waals surface area contributed by atoms with Gasteiger partial charge in [0, 0.05) is 31.7 Å². The average molecular weight is 628 g/mol. The number of unbranched alkanes of at least 4 members (excludes halogenated alkanes) is 8. The van der Waals surface area contributed by atoms with Gasteiger partial charge in [-0.1, -0.05) is 114 Å². The molecule has 0 aliphatic heterocycles. The second-order valence-corrected chi connectivity index (χ2v) is 11.2. The molecule has 2 aromatic rings. The third kappa shape index (κ3) is 8.02. The lowest BCUT2D eigenvalue weighted by molar-refractivity contribution is -0.115. The van der Waals surface area contributed by atoms with Gasteiger partial charge in [-0.15, -0.1) is 0 Å². The number of rotatable bonds is 14. The van der Waals surface area contributed by atoms with Gasteiger partial charge in [0.05, 0.1) is 11.1 Å². The van der Waals surface area contributed by atoms with Crippen LogP contribution in [0.4, 0.5) is 0 Å². The van der Waals surface area contributed by atoms with Crippen molar-refractivity contribution < 1.29 is 19.2 Å². The Kier molecular flexibility index (Phi) is 11.4. The maximum absolute atomic E-state index is 13.6. The van der Waals surface area contributed by atoms with E-state index in [1.807, 2.05) is 0 Å². The smallest absolute Gasteiger partial charge is 0.197 e. The van der Waals surface area contributed by atoms with Crippen molar-refractivity contribution in [3.05, 3.63) is 91.4 Å². The van der Waals surface area contributed by atoms with Crippen LogP contribution in [0.25, 0.3) is 0 Å². The number of carbonyl (C=O) groups is 4. The molecule has 0 atom stereocenters. The van der Waals surface area contributed by atoms with Crippen molar-refractivity contribution in [1.29, 1.82) is 0 Å². The summed E-state index contributed by atoms with van der Waals surface area (Å²) >= 11 is 6.71. The van der Waals surface area contributed by atoms with E-state index in [1.54, 1.807) is 48.5 Å². The summed E-state index contributed by atoms with van der Waals surface area (Å²) in [4.78, 5) is 53.4. The maximum atomic E-state index is 13.6. The molecule has 194 valence electrons. The van der Waals surface area contributed by atoms with Gasteiger partial charge in [-0.3, -0.25) is 19.2 Å². The van der Waals surface area contributed by atoms with Crippen LogP contribution >= 0.6 is 31.9 Å². The zero-order valence-corrected chi connectivity index (χ0v) is 24.3. The van der Waals surface area contributed by atoms with Gasteiger partial charge in [0.15, 0.2) is 23.1 Å². The van der Waals surface area contributed by atoms with Crippen molar-refractivity contribution in [3.8, 4) is 0 Å². The first-order chi connectivity index (χ1) is 17.8. The molecule has 37 heavy (non-hydrogen) atoms. The lowest BCUT2D eigenvalue weighted by atomic mass is 9.81. The first kappa shape index (κ1) is 29.1. The Balaban J connectivity index is 1.81. The second kappa shape index (κ2) is 14.5. The van der Waals surface area contributed by atoms with E-state index in [2.05, 4.69) is 38.8 Å². The highest BCUT2D eigenvalue weighted by Gasteiger charge is 2.35. The Morgan fingerprint density at radius 2 is 1.22 bits per heavy atom. The van der Waals surface area contributed by atoms with E-state index in [4.69, 9.17) is 0 Å². The molecule has 6 heteroatoms. The van der Waals surface area contributed by atoms with Crippen LogP contribution in [0.3, 0.4) is 0 Å². The highest BCUT2D eigenvalue weighted by atomic mass is 79.9. The minimum Gasteiger partial charge on any atom is -0.289 e. The summed E-state index contributed by atoms with van der Waals surface area (Å²) in [6.45, 7) is 2.20. The van der Waals surface area contributed by atoms with Crippen LogP contribution in [0.2, 0.25) is 0 Å². The molecule has 0 N–H and O–H groups in total. The standard InChI is InChI=1S/C31H32Br2O4/c1-2-3-4-5-6-7-8-9-10-17-25-28(30(36)22-14-12-16-24(33)19-22)27(34)20-26(31(25)37)29(35)21-13-11-15-23(32)18-21/h11-16,18-20H,2-10,17H2,1H3. The Bertz CT molecular complexity index is 1240. The number of hydrogen-bond acceptors (Lipinski definition) is 4. The molecule has 0 spiro atoms. The van der Waals surface area contributed by atoms with Crippen LogP contribution in [-0.2, 0) is 9.59 Å². The third-order valence-electron chi connectivity index (χ3n) is 6.52. The fraction of sp³-hybridized carbons (Fsp3) is 0.355. The fourth-order valence-corrected chi connectivity index (χ4v) is 5.32. The SMILES string of the molecule is CCCCCCCCCCCC1=C(C(=O)c2cccc(Br)c2)C(=O)C=C(C(=O)c2cccc(Br)c2)C1=O. The lowest BCUT2D eigenvalue weighted by Crippen LogP contribution is -2.27. The zero-order valence-electron chi connectivity index (χ0n) is 21.2. The minimum absolute atomic E-state index is 0.117. The molecular weight excluding hydrogens is 596 g/mol. The normalized spacial score (nSPS) is 13.6. The highest BCUT2D eigenvalue weighted by Crippen LogP contribution is 2.30. The van der Waals surface area contributed by atoms with Gasteiger partial charge in [-0.2, -0.15) is 0 Å². The maximum Gasteiger partial charge on any atom is 0.197 e. The quantitative estimate of drug-likeness (QED) is 0.0910. The Morgan fingerprint density at radius 1 is 0.703 bits per heavy atom. The predicted octanol–water partition coefficient (Wildman–Crippen LogP) is 8.57. The topological polar surface area (TPSA) is 68.3 Å². The van der Waals surface area contributed by atoms with Crippen LogP contribution in [0, 0.1) is 0 Å². The molecule has 3 rings (SSSR count). The molecule has 0 unspecified atom stereocenters. The number of Topliss-reactive ketones (excluding diaryl/α,β-unsaturated/α-hetero) is 3. The van der Waals surface area contributed by atoms with E-state index in [-0.39, 0.29) is 16.7 Å². The van der Waals surface area contributed by atoms with Crippen LogP contribution in [-0.4, -0.2) is 23.1 Å². The average Bonchev–Trinajstić information content (AvgIpc) is 2.88. The van der Waals surface area contributed by atoms with Gasteiger partial charge in [0.2, 0.25) is 0 Å². The molecule has 0 heterocycles. The largest absolute Gasteiger partial charge is 0.289 e. The molecule has 0 amide bonds. The molecule has 1 aliphatic rings. The summed E-state index contributed by atoms with van der Waals surface area (Å²) in [7, 11) is 0. The molecule has 1 aliphatic carbocycles. The summed E-state index contributed by atoms with van der Waals surface area (Å²) in [5, 5.41) is 0. The van der Waals surface area contributed by atoms with E-state index in [9.17, 15) is 19.2 Å². The summed E-state index contributed by atoms with van der Waals surface area (Å²) in [6.07, 6.45) is 11.3. The molecule has 0 saturated heterocycles. The number of halogens is 2. The molecule has 0 aromatic heterocycles. The van der Waals surface area contributed by atoms with Gasteiger partial charge in [0.25, 0.3) is 0 Å². The van der Waals surface area contributed by atoms with Crippen LogP contribution < -0.4 is 0 Å². The zero-order chi connectivity index (χ0) is 26.8. The molecule has 4 nitrogen and oxygen atoms in total. The lowest BCUT2D eigenvalue weighted by Gasteiger charge is -2.18. The van der Waals surface area contributed by atoms with E-state index >= 15 is 0 Å². The Morgan fingerprint density at radius 3 is 1.76 bits per heavy atom.